The van der Waals surface area contributed by atoms with E-state index in [1.807, 2.05) is 6.92 Å². The van der Waals surface area contributed by atoms with Gasteiger partial charge < -0.3 is 5.11 Å². The van der Waals surface area contributed by atoms with Gasteiger partial charge in [-0.3, -0.25) is 4.55 Å². The zero-order valence-electron chi connectivity index (χ0n) is 10.9. The number of hydrogen-bond donors (Lipinski definition) is 2. The minimum Gasteiger partial charge on any atom is -0.476 e. The lowest BCUT2D eigenvalue weighted by molar-refractivity contribution is 0.0690. The fourth-order valence-corrected chi connectivity index (χ4v) is 1.94. The Balaban J connectivity index is 0.000000211. The van der Waals surface area contributed by atoms with Crippen LogP contribution in [0.3, 0.4) is 0 Å². The third kappa shape index (κ3) is 5.50. The van der Waals surface area contributed by atoms with Gasteiger partial charge in [-0.1, -0.05) is 29.3 Å². The molecule has 0 spiro atoms. The van der Waals surface area contributed by atoms with E-state index in [4.69, 9.17) is 21.3 Å². The molecule has 0 bridgehead atoms. The summed E-state index contributed by atoms with van der Waals surface area (Å²) in [5.41, 5.74) is 0.849. The summed E-state index contributed by atoms with van der Waals surface area (Å²) in [5, 5.41) is 8.58. The van der Waals surface area contributed by atoms with Gasteiger partial charge in [0.2, 0.25) is 0 Å². The van der Waals surface area contributed by atoms with Gasteiger partial charge in [-0.2, -0.15) is 8.42 Å². The van der Waals surface area contributed by atoms with Crippen molar-refractivity contribution >= 4 is 27.7 Å². The van der Waals surface area contributed by atoms with Crippen molar-refractivity contribution in [3.05, 3.63) is 58.9 Å². The van der Waals surface area contributed by atoms with Crippen LogP contribution >= 0.6 is 11.6 Å². The molecule has 2 N–H and O–H groups in total. The Morgan fingerprint density at radius 3 is 2.14 bits per heavy atom. The molecule has 0 fully saturated rings. The molecule has 6 nitrogen and oxygen atoms in total. The van der Waals surface area contributed by atoms with Crippen molar-refractivity contribution in [3.63, 3.8) is 0 Å². The smallest absolute Gasteiger partial charge is 0.356 e. The number of carbonyl (C=O) groups is 1. The summed E-state index contributed by atoms with van der Waals surface area (Å²) in [6, 6.07) is 9.05. The van der Waals surface area contributed by atoms with Crippen LogP contribution in [0.15, 0.2) is 47.5 Å². The van der Waals surface area contributed by atoms with Gasteiger partial charge in [0.15, 0.2) is 5.69 Å². The van der Waals surface area contributed by atoms with Gasteiger partial charge in [0.1, 0.15) is 0 Å². The number of halogens is 1. The molecular weight excluding hydrogens is 318 g/mol. The summed E-state index contributed by atoms with van der Waals surface area (Å²) in [6.07, 6.45) is 1.38. The second-order valence-electron chi connectivity index (χ2n) is 3.93. The molecule has 21 heavy (non-hydrogen) atoms. The second-order valence-corrected chi connectivity index (χ2v) is 5.76. The van der Waals surface area contributed by atoms with Crippen molar-refractivity contribution in [3.8, 4) is 0 Å². The highest BCUT2D eigenvalue weighted by atomic mass is 35.5. The number of aromatic nitrogens is 1. The fraction of sp³-hybridized carbons (Fsp3) is 0.0769. The van der Waals surface area contributed by atoms with Gasteiger partial charge in [-0.15, -0.1) is 0 Å². The minimum atomic E-state index is -4.02. The highest BCUT2D eigenvalue weighted by molar-refractivity contribution is 7.85. The van der Waals surface area contributed by atoms with E-state index >= 15 is 0 Å². The van der Waals surface area contributed by atoms with Crippen LogP contribution in [0.1, 0.15) is 16.1 Å². The highest BCUT2D eigenvalue weighted by Gasteiger charge is 2.07. The summed E-state index contributed by atoms with van der Waals surface area (Å²) >= 11 is 5.48. The number of hydrogen-bond acceptors (Lipinski definition) is 4. The van der Waals surface area contributed by atoms with Crippen LogP contribution in [0.25, 0.3) is 0 Å². The molecule has 1 aromatic carbocycles. The Morgan fingerprint density at radius 2 is 1.76 bits per heavy atom. The van der Waals surface area contributed by atoms with Gasteiger partial charge in [0.05, 0.1) is 9.92 Å². The van der Waals surface area contributed by atoms with E-state index in [1.54, 1.807) is 18.2 Å². The highest BCUT2D eigenvalue weighted by Crippen LogP contribution is 2.11. The molecule has 112 valence electrons. The molecule has 1 aromatic heterocycles. The van der Waals surface area contributed by atoms with Crippen molar-refractivity contribution in [2.75, 3.05) is 0 Å². The van der Waals surface area contributed by atoms with E-state index < -0.39 is 16.1 Å². The summed E-state index contributed by atoms with van der Waals surface area (Å²) in [7, 11) is -4.02. The Kier molecular flexibility index (Phi) is 5.83. The normalized spacial score (nSPS) is 10.4. The number of carboxylic acids is 1. The molecule has 0 amide bonds. The summed E-state index contributed by atoms with van der Waals surface area (Å²) in [4.78, 5) is 13.8. The lowest BCUT2D eigenvalue weighted by atomic mass is 10.2. The predicted molar refractivity (Wildman–Crippen MR) is 77.2 cm³/mol. The number of benzene rings is 1. The first-order valence-corrected chi connectivity index (χ1v) is 7.41. The van der Waals surface area contributed by atoms with Crippen molar-refractivity contribution in [1.29, 1.82) is 0 Å². The first kappa shape index (κ1) is 17.1. The molecule has 2 rings (SSSR count). The maximum absolute atomic E-state index is 10.5. The van der Waals surface area contributed by atoms with Crippen LogP contribution in [0.5, 0.6) is 0 Å². The van der Waals surface area contributed by atoms with E-state index in [9.17, 15) is 13.2 Å². The average Bonchev–Trinajstić information content (AvgIpc) is 2.39. The van der Waals surface area contributed by atoms with Crippen LogP contribution in [0.2, 0.25) is 5.02 Å². The van der Waals surface area contributed by atoms with Crippen LogP contribution in [0.4, 0.5) is 0 Å². The third-order valence-corrected chi connectivity index (χ3v) is 3.45. The summed E-state index contributed by atoms with van der Waals surface area (Å²) in [6.45, 7) is 1.84. The zero-order chi connectivity index (χ0) is 16.0. The minimum absolute atomic E-state index is 0.0666. The molecule has 1 heterocycles. The Morgan fingerprint density at radius 1 is 1.19 bits per heavy atom. The SMILES string of the molecule is Cc1ccc(S(=O)(=O)O)cc1.O=C(O)c1ncccc1Cl. The number of pyridine rings is 1. The number of rotatable bonds is 2. The predicted octanol–water partition coefficient (Wildman–Crippen LogP) is 2.67. The quantitative estimate of drug-likeness (QED) is 0.821. The third-order valence-electron chi connectivity index (χ3n) is 2.28. The Labute approximate surface area is 126 Å². The molecule has 0 aliphatic heterocycles. The van der Waals surface area contributed by atoms with Crippen LogP contribution < -0.4 is 0 Å². The number of carboxylic acid groups (broad SMARTS) is 1. The van der Waals surface area contributed by atoms with Crippen molar-refractivity contribution < 1.29 is 22.9 Å². The first-order valence-electron chi connectivity index (χ1n) is 5.60. The summed E-state index contributed by atoms with van der Waals surface area (Å²) < 4.78 is 29.6. The lowest BCUT2D eigenvalue weighted by Crippen LogP contribution is -1.99. The molecule has 0 unspecified atom stereocenters. The first-order chi connectivity index (χ1) is 9.71. The van der Waals surface area contributed by atoms with Crippen LogP contribution in [-0.2, 0) is 10.1 Å². The fourth-order valence-electron chi connectivity index (χ4n) is 1.25. The van der Waals surface area contributed by atoms with Gasteiger partial charge >= 0.3 is 5.97 Å². The maximum atomic E-state index is 10.5. The average molecular weight is 330 g/mol. The molecule has 0 aliphatic rings. The molecule has 0 radical (unpaired) electrons. The monoisotopic (exact) mass is 329 g/mol. The van der Waals surface area contributed by atoms with E-state index in [1.165, 1.54) is 24.4 Å². The van der Waals surface area contributed by atoms with E-state index in [0.29, 0.717) is 0 Å². The molecular formula is C13H12ClNO5S. The standard InChI is InChI=1S/C7H8O3S.C6H4ClNO2/c1-6-2-4-7(5-3-6)11(8,9)10;7-4-2-1-3-8-5(4)6(9)10/h2-5H,1H3,(H,8,9,10);1-3H,(H,9,10). The number of aromatic carboxylic acids is 1. The van der Waals surface area contributed by atoms with Gasteiger partial charge in [0.25, 0.3) is 10.1 Å². The molecule has 0 saturated heterocycles. The zero-order valence-corrected chi connectivity index (χ0v) is 12.5. The van der Waals surface area contributed by atoms with Crippen molar-refractivity contribution in [2.24, 2.45) is 0 Å². The van der Waals surface area contributed by atoms with Gasteiger partial charge in [-0.25, -0.2) is 9.78 Å². The molecule has 0 saturated carbocycles. The number of aryl methyl sites for hydroxylation is 1. The van der Waals surface area contributed by atoms with Gasteiger partial charge in [0, 0.05) is 6.20 Å². The molecule has 2 aromatic rings. The van der Waals surface area contributed by atoms with Crippen molar-refractivity contribution in [1.82, 2.24) is 4.98 Å². The second kappa shape index (κ2) is 7.16. The topological polar surface area (TPSA) is 105 Å². The molecule has 0 atom stereocenters. The molecule has 0 aliphatic carbocycles. The Bertz CT molecular complexity index is 728. The van der Waals surface area contributed by atoms with Crippen LogP contribution in [-0.4, -0.2) is 29.0 Å². The summed E-state index contributed by atoms with van der Waals surface area (Å²) in [5.74, 6) is -1.11. The van der Waals surface area contributed by atoms with E-state index in [2.05, 4.69) is 4.98 Å². The van der Waals surface area contributed by atoms with E-state index in [0.717, 1.165) is 5.56 Å². The number of nitrogens with zero attached hydrogens (tertiary/aromatic N) is 1. The van der Waals surface area contributed by atoms with Gasteiger partial charge in [-0.05, 0) is 31.2 Å². The lowest BCUT2D eigenvalue weighted by Gasteiger charge is -1.95. The Hall–Kier alpha value is -1.96. The maximum Gasteiger partial charge on any atom is 0.356 e. The largest absolute Gasteiger partial charge is 0.476 e. The van der Waals surface area contributed by atoms with Crippen molar-refractivity contribution in [2.45, 2.75) is 11.8 Å². The van der Waals surface area contributed by atoms with E-state index in [-0.39, 0.29) is 15.6 Å². The van der Waals surface area contributed by atoms with Crippen LogP contribution in [0, 0.1) is 6.92 Å². The molecule has 8 heteroatoms.